The molecule has 0 spiro atoms. The van der Waals surface area contributed by atoms with Crippen LogP contribution in [0.2, 0.25) is 0 Å². The van der Waals surface area contributed by atoms with Crippen molar-refractivity contribution in [2.24, 2.45) is 0 Å². The Kier molecular flexibility index (Phi) is 7.97. The summed E-state index contributed by atoms with van der Waals surface area (Å²) >= 11 is 0. The van der Waals surface area contributed by atoms with Gasteiger partial charge in [0.05, 0.1) is 6.42 Å². The predicted octanol–water partition coefficient (Wildman–Crippen LogP) is 4.17. The summed E-state index contributed by atoms with van der Waals surface area (Å²) < 4.78 is 10.7. The topological polar surface area (TPSA) is 93.7 Å². The van der Waals surface area contributed by atoms with Crippen molar-refractivity contribution in [1.29, 1.82) is 0 Å². The molecule has 0 aromatic heterocycles. The third kappa shape index (κ3) is 7.28. The zero-order chi connectivity index (χ0) is 22.8. The van der Waals surface area contributed by atoms with Crippen LogP contribution in [0.4, 0.5) is 5.69 Å². The molecule has 2 N–H and O–H groups in total. The number of ether oxygens (including phenoxy) is 2. The molecule has 0 radical (unpaired) electrons. The predicted molar refractivity (Wildman–Crippen MR) is 121 cm³/mol. The maximum Gasteiger partial charge on any atom is 0.308 e. The van der Waals surface area contributed by atoms with E-state index in [0.29, 0.717) is 22.7 Å². The Morgan fingerprint density at radius 2 is 1.41 bits per heavy atom. The molecule has 164 valence electrons. The van der Waals surface area contributed by atoms with Crippen LogP contribution in [-0.2, 0) is 14.3 Å². The lowest BCUT2D eigenvalue weighted by molar-refractivity contribution is -0.147. The van der Waals surface area contributed by atoms with Gasteiger partial charge in [-0.1, -0.05) is 36.4 Å². The Morgan fingerprint density at radius 1 is 0.812 bits per heavy atom. The molecule has 32 heavy (non-hydrogen) atoms. The van der Waals surface area contributed by atoms with Gasteiger partial charge in [-0.15, -0.1) is 0 Å². The SMILES string of the molecule is CC(CC(=O)OCC(=O)Nc1ccc(Oc2ccccc2)cc1)NC(=O)c1ccccc1. The van der Waals surface area contributed by atoms with E-state index < -0.39 is 24.5 Å². The molecular formula is C25H24N2O5. The third-order valence-corrected chi connectivity index (χ3v) is 4.37. The number of para-hydroxylation sites is 1. The highest BCUT2D eigenvalue weighted by Gasteiger charge is 2.15. The molecule has 0 bridgehead atoms. The molecule has 3 aromatic rings. The molecule has 0 saturated heterocycles. The highest BCUT2D eigenvalue weighted by Crippen LogP contribution is 2.22. The van der Waals surface area contributed by atoms with Gasteiger partial charge in [0, 0.05) is 17.3 Å². The highest BCUT2D eigenvalue weighted by atomic mass is 16.5. The second-order valence-corrected chi connectivity index (χ2v) is 7.09. The van der Waals surface area contributed by atoms with Crippen molar-refractivity contribution < 1.29 is 23.9 Å². The summed E-state index contributed by atoms with van der Waals surface area (Å²) in [6.45, 7) is 1.28. The van der Waals surface area contributed by atoms with Crippen molar-refractivity contribution in [3.63, 3.8) is 0 Å². The van der Waals surface area contributed by atoms with Crippen LogP contribution in [0.25, 0.3) is 0 Å². The normalized spacial score (nSPS) is 11.2. The van der Waals surface area contributed by atoms with Crippen molar-refractivity contribution in [3.05, 3.63) is 90.5 Å². The van der Waals surface area contributed by atoms with E-state index in [-0.39, 0.29) is 12.3 Å². The molecule has 0 aliphatic heterocycles. The van der Waals surface area contributed by atoms with Crippen molar-refractivity contribution in [1.82, 2.24) is 5.32 Å². The van der Waals surface area contributed by atoms with Crippen molar-refractivity contribution in [2.45, 2.75) is 19.4 Å². The summed E-state index contributed by atoms with van der Waals surface area (Å²) in [5.41, 5.74) is 1.06. The number of amides is 2. The number of hydrogen-bond acceptors (Lipinski definition) is 5. The quantitative estimate of drug-likeness (QED) is 0.495. The van der Waals surface area contributed by atoms with Gasteiger partial charge in [0.25, 0.3) is 11.8 Å². The van der Waals surface area contributed by atoms with E-state index in [2.05, 4.69) is 10.6 Å². The van der Waals surface area contributed by atoms with Gasteiger partial charge in [-0.3, -0.25) is 14.4 Å². The summed E-state index contributed by atoms with van der Waals surface area (Å²) in [5.74, 6) is 0.0320. The average Bonchev–Trinajstić information content (AvgIpc) is 2.80. The average molecular weight is 432 g/mol. The standard InChI is InChI=1S/C25H24N2O5/c1-18(26-25(30)19-8-4-2-5-9-19)16-24(29)31-17-23(28)27-20-12-14-22(15-13-20)32-21-10-6-3-7-11-21/h2-15,18H,16-17H2,1H3,(H,26,30)(H,27,28). The van der Waals surface area contributed by atoms with Crippen molar-refractivity contribution >= 4 is 23.5 Å². The monoisotopic (exact) mass is 432 g/mol. The molecule has 0 fully saturated rings. The summed E-state index contributed by atoms with van der Waals surface area (Å²) in [6, 6.07) is 24.5. The van der Waals surface area contributed by atoms with Gasteiger partial charge >= 0.3 is 5.97 Å². The van der Waals surface area contributed by atoms with Gasteiger partial charge in [0.2, 0.25) is 0 Å². The Labute approximate surface area is 186 Å². The largest absolute Gasteiger partial charge is 0.457 e. The Balaban J connectivity index is 1.38. The minimum absolute atomic E-state index is 0.0443. The van der Waals surface area contributed by atoms with Gasteiger partial charge < -0.3 is 20.1 Å². The molecule has 3 rings (SSSR count). The van der Waals surface area contributed by atoms with E-state index in [4.69, 9.17) is 9.47 Å². The number of nitrogens with one attached hydrogen (secondary N) is 2. The second-order valence-electron chi connectivity index (χ2n) is 7.09. The molecule has 7 heteroatoms. The first-order valence-electron chi connectivity index (χ1n) is 10.1. The van der Waals surface area contributed by atoms with E-state index in [1.165, 1.54) is 0 Å². The number of carbonyl (C=O) groups excluding carboxylic acids is 3. The van der Waals surface area contributed by atoms with Crippen molar-refractivity contribution in [3.8, 4) is 11.5 Å². The van der Waals surface area contributed by atoms with Gasteiger partial charge in [-0.05, 0) is 55.5 Å². The third-order valence-electron chi connectivity index (χ3n) is 4.37. The molecule has 0 aliphatic rings. The van der Waals surface area contributed by atoms with E-state index in [1.807, 2.05) is 36.4 Å². The van der Waals surface area contributed by atoms with E-state index in [1.54, 1.807) is 55.5 Å². The lowest BCUT2D eigenvalue weighted by atomic mass is 10.2. The maximum absolute atomic E-state index is 12.1. The Hall–Kier alpha value is -4.13. The molecule has 7 nitrogen and oxygen atoms in total. The van der Waals surface area contributed by atoms with Crippen LogP contribution in [0.1, 0.15) is 23.7 Å². The molecule has 0 saturated carbocycles. The number of carbonyl (C=O) groups is 3. The van der Waals surface area contributed by atoms with E-state index in [9.17, 15) is 14.4 Å². The van der Waals surface area contributed by atoms with Crippen LogP contribution in [0.3, 0.4) is 0 Å². The van der Waals surface area contributed by atoms with Crippen LogP contribution in [-0.4, -0.2) is 30.4 Å². The Bertz CT molecular complexity index is 1040. The molecule has 3 aromatic carbocycles. The summed E-state index contributed by atoms with van der Waals surface area (Å²) in [4.78, 5) is 36.1. The molecule has 1 atom stereocenters. The fraction of sp³-hybridized carbons (Fsp3) is 0.160. The van der Waals surface area contributed by atoms with Crippen LogP contribution in [0.5, 0.6) is 11.5 Å². The Morgan fingerprint density at radius 3 is 2.06 bits per heavy atom. The number of rotatable bonds is 9. The highest BCUT2D eigenvalue weighted by molar-refractivity contribution is 5.95. The number of hydrogen-bond donors (Lipinski definition) is 2. The smallest absolute Gasteiger partial charge is 0.308 e. The molecule has 1 unspecified atom stereocenters. The molecule has 2 amide bonds. The fourth-order valence-electron chi connectivity index (χ4n) is 2.83. The van der Waals surface area contributed by atoms with Gasteiger partial charge in [0.15, 0.2) is 6.61 Å². The van der Waals surface area contributed by atoms with Gasteiger partial charge in [0.1, 0.15) is 11.5 Å². The number of esters is 1. The second kappa shape index (κ2) is 11.3. The minimum Gasteiger partial charge on any atom is -0.457 e. The van der Waals surface area contributed by atoms with E-state index in [0.717, 1.165) is 0 Å². The van der Waals surface area contributed by atoms with E-state index >= 15 is 0 Å². The minimum atomic E-state index is -0.576. The van der Waals surface area contributed by atoms with Crippen LogP contribution >= 0.6 is 0 Å². The summed E-state index contributed by atoms with van der Waals surface area (Å²) in [6.07, 6.45) is -0.0443. The van der Waals surface area contributed by atoms with Crippen LogP contribution in [0.15, 0.2) is 84.9 Å². The molecule has 0 aliphatic carbocycles. The van der Waals surface area contributed by atoms with Crippen LogP contribution in [0, 0.1) is 0 Å². The van der Waals surface area contributed by atoms with Crippen molar-refractivity contribution in [2.75, 3.05) is 11.9 Å². The first-order valence-corrected chi connectivity index (χ1v) is 10.1. The summed E-state index contributed by atoms with van der Waals surface area (Å²) in [5, 5.41) is 5.38. The first kappa shape index (κ1) is 22.6. The molecular weight excluding hydrogens is 408 g/mol. The summed E-state index contributed by atoms with van der Waals surface area (Å²) in [7, 11) is 0. The lowest BCUT2D eigenvalue weighted by Gasteiger charge is -2.13. The zero-order valence-electron chi connectivity index (χ0n) is 17.6. The number of benzene rings is 3. The van der Waals surface area contributed by atoms with Crippen LogP contribution < -0.4 is 15.4 Å². The maximum atomic E-state index is 12.1. The first-order chi connectivity index (χ1) is 15.5. The zero-order valence-corrected chi connectivity index (χ0v) is 17.6. The number of anilines is 1. The lowest BCUT2D eigenvalue weighted by Crippen LogP contribution is -2.35. The van der Waals surface area contributed by atoms with Gasteiger partial charge in [-0.25, -0.2) is 0 Å². The van der Waals surface area contributed by atoms with Gasteiger partial charge in [-0.2, -0.15) is 0 Å². The molecule has 0 heterocycles. The fourth-order valence-corrected chi connectivity index (χ4v) is 2.83.